The van der Waals surface area contributed by atoms with Gasteiger partial charge in [-0.1, -0.05) is 6.07 Å². The zero-order valence-corrected chi connectivity index (χ0v) is 12.3. The predicted molar refractivity (Wildman–Crippen MR) is 83.6 cm³/mol. The van der Waals surface area contributed by atoms with E-state index < -0.39 is 0 Å². The van der Waals surface area contributed by atoms with Crippen LogP contribution in [-0.2, 0) is 6.54 Å². The van der Waals surface area contributed by atoms with Crippen LogP contribution in [0, 0.1) is 17.0 Å². The molecular formula is C14H17N3O2S. The van der Waals surface area contributed by atoms with Gasteiger partial charge in [0.15, 0.2) is 0 Å². The van der Waals surface area contributed by atoms with Crippen molar-refractivity contribution in [2.45, 2.75) is 20.4 Å². The molecule has 2 rings (SSSR count). The Morgan fingerprint density at radius 1 is 1.20 bits per heavy atom. The first-order valence-electron chi connectivity index (χ1n) is 6.42. The summed E-state index contributed by atoms with van der Waals surface area (Å²) in [5, 5.41) is 17.4. The molecule has 5 nitrogen and oxygen atoms in total. The van der Waals surface area contributed by atoms with Crippen LogP contribution in [-0.4, -0.2) is 11.5 Å². The summed E-state index contributed by atoms with van der Waals surface area (Å²) in [5.74, 6) is 0. The summed E-state index contributed by atoms with van der Waals surface area (Å²) >= 11 is 1.69. The van der Waals surface area contributed by atoms with E-state index in [9.17, 15) is 10.1 Å². The number of rotatable bonds is 6. The molecule has 0 radical (unpaired) electrons. The largest absolute Gasteiger partial charge is 0.380 e. The standard InChI is InChI=1S/C14H17N3O2S/c1-3-15-12-5-4-6-13(14(12)17(18)19)16-9-11-8-7-10(2)20-11/h4-8,15-16H,3,9H2,1-2H3. The summed E-state index contributed by atoms with van der Waals surface area (Å²) in [6, 6.07) is 9.35. The highest BCUT2D eigenvalue weighted by atomic mass is 32.1. The Kier molecular flexibility index (Phi) is 4.57. The van der Waals surface area contributed by atoms with E-state index in [0.717, 1.165) is 4.88 Å². The lowest BCUT2D eigenvalue weighted by Crippen LogP contribution is -2.06. The average Bonchev–Trinajstić information content (AvgIpc) is 2.82. The van der Waals surface area contributed by atoms with Gasteiger partial charge in [0.2, 0.25) is 0 Å². The van der Waals surface area contributed by atoms with Crippen molar-refractivity contribution in [3.05, 3.63) is 50.2 Å². The summed E-state index contributed by atoms with van der Waals surface area (Å²) in [7, 11) is 0. The average molecular weight is 291 g/mol. The van der Waals surface area contributed by atoms with Gasteiger partial charge in [0.25, 0.3) is 0 Å². The van der Waals surface area contributed by atoms with Crippen molar-refractivity contribution >= 4 is 28.4 Å². The molecule has 0 saturated heterocycles. The minimum absolute atomic E-state index is 0.0997. The molecule has 2 N–H and O–H groups in total. The normalized spacial score (nSPS) is 10.3. The first-order valence-corrected chi connectivity index (χ1v) is 7.24. The molecule has 0 aliphatic rings. The molecule has 1 aromatic heterocycles. The minimum Gasteiger partial charge on any atom is -0.380 e. The molecular weight excluding hydrogens is 274 g/mol. The van der Waals surface area contributed by atoms with Crippen LogP contribution in [0.15, 0.2) is 30.3 Å². The van der Waals surface area contributed by atoms with E-state index in [4.69, 9.17) is 0 Å². The smallest absolute Gasteiger partial charge is 0.315 e. The molecule has 0 spiro atoms. The summed E-state index contributed by atoms with van der Waals surface area (Å²) in [5.41, 5.74) is 1.19. The highest BCUT2D eigenvalue weighted by molar-refractivity contribution is 7.11. The van der Waals surface area contributed by atoms with Crippen molar-refractivity contribution in [1.82, 2.24) is 0 Å². The monoisotopic (exact) mass is 291 g/mol. The molecule has 0 atom stereocenters. The molecule has 1 heterocycles. The van der Waals surface area contributed by atoms with Crippen LogP contribution in [0.5, 0.6) is 0 Å². The summed E-state index contributed by atoms with van der Waals surface area (Å²) in [6.07, 6.45) is 0. The number of nitrogens with one attached hydrogen (secondary N) is 2. The van der Waals surface area contributed by atoms with E-state index in [1.165, 1.54) is 4.88 Å². The molecule has 0 amide bonds. The van der Waals surface area contributed by atoms with Crippen molar-refractivity contribution in [3.8, 4) is 0 Å². The molecule has 2 aromatic rings. The zero-order chi connectivity index (χ0) is 14.5. The molecule has 0 aliphatic carbocycles. The zero-order valence-electron chi connectivity index (χ0n) is 11.5. The highest BCUT2D eigenvalue weighted by Gasteiger charge is 2.19. The first-order chi connectivity index (χ1) is 9.61. The van der Waals surface area contributed by atoms with Crippen molar-refractivity contribution in [1.29, 1.82) is 0 Å². The molecule has 0 unspecified atom stereocenters. The fourth-order valence-electron chi connectivity index (χ4n) is 1.98. The Morgan fingerprint density at radius 3 is 2.45 bits per heavy atom. The lowest BCUT2D eigenvalue weighted by atomic mass is 10.2. The predicted octanol–water partition coefficient (Wildman–Crippen LogP) is 4.01. The molecule has 20 heavy (non-hydrogen) atoms. The van der Waals surface area contributed by atoms with Gasteiger partial charge in [0, 0.05) is 22.8 Å². The summed E-state index contributed by atoms with van der Waals surface area (Å²) in [6.45, 7) is 5.20. The second-order valence-electron chi connectivity index (χ2n) is 4.36. The van der Waals surface area contributed by atoms with Gasteiger partial charge in [-0.05, 0) is 38.1 Å². The Hall–Kier alpha value is -2.08. The fraction of sp³-hybridized carbons (Fsp3) is 0.286. The van der Waals surface area contributed by atoms with Gasteiger partial charge in [0.05, 0.1) is 4.92 Å². The Labute approximate surface area is 121 Å². The van der Waals surface area contributed by atoms with E-state index in [-0.39, 0.29) is 10.6 Å². The maximum atomic E-state index is 11.3. The molecule has 0 saturated carbocycles. The van der Waals surface area contributed by atoms with Gasteiger partial charge in [-0.25, -0.2) is 0 Å². The van der Waals surface area contributed by atoms with Gasteiger partial charge < -0.3 is 10.6 Å². The van der Waals surface area contributed by atoms with E-state index in [1.54, 1.807) is 23.5 Å². The van der Waals surface area contributed by atoms with E-state index in [0.29, 0.717) is 24.5 Å². The second kappa shape index (κ2) is 6.38. The Bertz CT molecular complexity index is 610. The minimum atomic E-state index is -0.347. The van der Waals surface area contributed by atoms with E-state index >= 15 is 0 Å². The topological polar surface area (TPSA) is 67.2 Å². The number of nitro benzene ring substituents is 1. The fourth-order valence-corrected chi connectivity index (χ4v) is 2.81. The van der Waals surface area contributed by atoms with Crippen LogP contribution < -0.4 is 10.6 Å². The number of nitrogens with zero attached hydrogens (tertiary/aromatic N) is 1. The van der Waals surface area contributed by atoms with Gasteiger partial charge in [0.1, 0.15) is 11.4 Å². The number of nitro groups is 1. The van der Waals surface area contributed by atoms with Gasteiger partial charge in [-0.3, -0.25) is 10.1 Å². The van der Waals surface area contributed by atoms with Crippen LogP contribution in [0.4, 0.5) is 17.1 Å². The van der Waals surface area contributed by atoms with Crippen molar-refractivity contribution in [2.75, 3.05) is 17.2 Å². The number of benzene rings is 1. The third-order valence-corrected chi connectivity index (χ3v) is 3.84. The quantitative estimate of drug-likeness (QED) is 0.623. The molecule has 0 aliphatic heterocycles. The number of anilines is 2. The number of hydrogen-bond acceptors (Lipinski definition) is 5. The third-order valence-electron chi connectivity index (χ3n) is 2.83. The van der Waals surface area contributed by atoms with Crippen molar-refractivity contribution in [3.63, 3.8) is 0 Å². The number of thiophene rings is 1. The van der Waals surface area contributed by atoms with Gasteiger partial charge in [-0.2, -0.15) is 0 Å². The SMILES string of the molecule is CCNc1cccc(NCc2ccc(C)s2)c1[N+](=O)[O-]. The molecule has 106 valence electrons. The van der Waals surface area contributed by atoms with Crippen LogP contribution in [0.1, 0.15) is 16.7 Å². The van der Waals surface area contributed by atoms with Crippen LogP contribution in [0.3, 0.4) is 0 Å². The Balaban J connectivity index is 2.22. The van der Waals surface area contributed by atoms with Crippen molar-refractivity contribution < 1.29 is 4.92 Å². The van der Waals surface area contributed by atoms with Crippen LogP contribution in [0.2, 0.25) is 0 Å². The van der Waals surface area contributed by atoms with Crippen LogP contribution in [0.25, 0.3) is 0 Å². The number of hydrogen-bond donors (Lipinski definition) is 2. The number of para-hydroxylation sites is 1. The lowest BCUT2D eigenvalue weighted by Gasteiger charge is -2.10. The molecule has 1 aromatic carbocycles. The molecule has 0 bridgehead atoms. The Morgan fingerprint density at radius 2 is 1.90 bits per heavy atom. The summed E-state index contributed by atoms with van der Waals surface area (Å²) in [4.78, 5) is 13.3. The second-order valence-corrected chi connectivity index (χ2v) is 5.73. The number of aryl methyl sites for hydroxylation is 1. The van der Waals surface area contributed by atoms with Crippen molar-refractivity contribution in [2.24, 2.45) is 0 Å². The highest BCUT2D eigenvalue weighted by Crippen LogP contribution is 2.33. The van der Waals surface area contributed by atoms with Gasteiger partial charge in [-0.15, -0.1) is 11.3 Å². The molecule has 0 fully saturated rings. The third kappa shape index (κ3) is 3.27. The molecule has 6 heteroatoms. The lowest BCUT2D eigenvalue weighted by molar-refractivity contribution is -0.383. The van der Waals surface area contributed by atoms with E-state index in [2.05, 4.69) is 10.6 Å². The van der Waals surface area contributed by atoms with Crippen LogP contribution >= 0.6 is 11.3 Å². The first kappa shape index (κ1) is 14.3. The maximum absolute atomic E-state index is 11.3. The summed E-state index contributed by atoms with van der Waals surface area (Å²) < 4.78 is 0. The van der Waals surface area contributed by atoms with Gasteiger partial charge >= 0.3 is 5.69 Å². The maximum Gasteiger partial charge on any atom is 0.315 e. The van der Waals surface area contributed by atoms with E-state index in [1.807, 2.05) is 32.0 Å².